The molecule has 15 heavy (non-hydrogen) atoms. The first-order valence-corrected chi connectivity index (χ1v) is 4.14. The Morgan fingerprint density at radius 3 is 2.67 bits per heavy atom. The van der Waals surface area contributed by atoms with Crippen LogP contribution in [0.3, 0.4) is 0 Å². The van der Waals surface area contributed by atoms with Crippen LogP contribution < -0.4 is 10.6 Å². The van der Waals surface area contributed by atoms with Crippen molar-refractivity contribution in [1.82, 2.24) is 10.6 Å². The molecule has 0 aliphatic carbocycles. The van der Waals surface area contributed by atoms with Gasteiger partial charge in [0.25, 0.3) is 0 Å². The SMILES string of the molecule is Cl.O=C(NCC(F)(F)F)[C@H]1COCCN1. The summed E-state index contributed by atoms with van der Waals surface area (Å²) in [6, 6.07) is -0.675. The van der Waals surface area contributed by atoms with Gasteiger partial charge in [0.2, 0.25) is 5.91 Å². The number of morpholine rings is 1. The Balaban J connectivity index is 0.00000196. The average molecular weight is 249 g/mol. The van der Waals surface area contributed by atoms with Crippen LogP contribution in [0.2, 0.25) is 0 Å². The summed E-state index contributed by atoms with van der Waals surface area (Å²) < 4.78 is 40.1. The number of rotatable bonds is 2. The third-order valence-electron chi connectivity index (χ3n) is 1.70. The first-order chi connectivity index (χ1) is 6.49. The summed E-state index contributed by atoms with van der Waals surface area (Å²) in [5.41, 5.74) is 0. The third-order valence-corrected chi connectivity index (χ3v) is 1.70. The summed E-state index contributed by atoms with van der Waals surface area (Å²) in [5, 5.41) is 4.54. The minimum Gasteiger partial charge on any atom is -0.378 e. The molecule has 8 heteroatoms. The highest BCUT2D eigenvalue weighted by Crippen LogP contribution is 2.12. The molecule has 0 bridgehead atoms. The molecule has 1 fully saturated rings. The van der Waals surface area contributed by atoms with E-state index in [0.29, 0.717) is 13.2 Å². The second-order valence-corrected chi connectivity index (χ2v) is 2.91. The molecule has 1 rings (SSSR count). The fourth-order valence-corrected chi connectivity index (χ4v) is 1.04. The number of halogens is 4. The molecule has 1 aliphatic rings. The van der Waals surface area contributed by atoms with Crippen LogP contribution in [0.1, 0.15) is 0 Å². The van der Waals surface area contributed by atoms with Crippen LogP contribution in [0.15, 0.2) is 0 Å². The topological polar surface area (TPSA) is 50.4 Å². The van der Waals surface area contributed by atoms with Crippen molar-refractivity contribution in [1.29, 1.82) is 0 Å². The highest BCUT2D eigenvalue weighted by atomic mass is 35.5. The molecule has 2 N–H and O–H groups in total. The zero-order chi connectivity index (χ0) is 10.6. The van der Waals surface area contributed by atoms with E-state index in [2.05, 4.69) is 5.32 Å². The summed E-state index contributed by atoms with van der Waals surface area (Å²) in [4.78, 5) is 11.1. The number of hydrogen-bond acceptors (Lipinski definition) is 3. The Labute approximate surface area is 90.9 Å². The quantitative estimate of drug-likeness (QED) is 0.728. The Hall–Kier alpha value is -0.530. The van der Waals surface area contributed by atoms with Gasteiger partial charge < -0.3 is 15.4 Å². The zero-order valence-electron chi connectivity index (χ0n) is 7.76. The first kappa shape index (κ1) is 14.5. The maximum Gasteiger partial charge on any atom is 0.405 e. The van der Waals surface area contributed by atoms with E-state index in [1.54, 1.807) is 5.32 Å². The lowest BCUT2D eigenvalue weighted by Crippen LogP contribution is -2.52. The van der Waals surface area contributed by atoms with E-state index >= 15 is 0 Å². The van der Waals surface area contributed by atoms with E-state index in [9.17, 15) is 18.0 Å². The van der Waals surface area contributed by atoms with Crippen molar-refractivity contribution in [3.8, 4) is 0 Å². The second-order valence-electron chi connectivity index (χ2n) is 2.91. The van der Waals surface area contributed by atoms with Gasteiger partial charge in [-0.2, -0.15) is 13.2 Å². The first-order valence-electron chi connectivity index (χ1n) is 4.14. The number of amides is 1. The minimum atomic E-state index is -4.37. The van der Waals surface area contributed by atoms with Crippen LogP contribution in [0, 0.1) is 0 Å². The van der Waals surface area contributed by atoms with Crippen molar-refractivity contribution in [3.63, 3.8) is 0 Å². The zero-order valence-corrected chi connectivity index (χ0v) is 8.58. The van der Waals surface area contributed by atoms with E-state index in [0.717, 1.165) is 0 Å². The van der Waals surface area contributed by atoms with Crippen molar-refractivity contribution >= 4 is 18.3 Å². The predicted octanol–water partition coefficient (Wildman–Crippen LogP) is 0.0751. The molecule has 90 valence electrons. The normalized spacial score (nSPS) is 21.7. The fourth-order valence-electron chi connectivity index (χ4n) is 1.04. The molecule has 0 aromatic rings. The molecule has 1 saturated heterocycles. The van der Waals surface area contributed by atoms with Gasteiger partial charge in [-0.15, -0.1) is 12.4 Å². The van der Waals surface area contributed by atoms with Gasteiger partial charge >= 0.3 is 6.18 Å². The highest BCUT2D eigenvalue weighted by molar-refractivity contribution is 5.85. The van der Waals surface area contributed by atoms with E-state index in [1.165, 1.54) is 0 Å². The lowest BCUT2D eigenvalue weighted by atomic mass is 10.2. The standard InChI is InChI=1S/C7H11F3N2O2.ClH/c8-7(9,10)4-12-6(13)5-3-14-2-1-11-5;/h5,11H,1-4H2,(H,12,13);1H/t5-;/m1./s1. The van der Waals surface area contributed by atoms with Gasteiger partial charge in [-0.25, -0.2) is 0 Å². The van der Waals surface area contributed by atoms with Crippen LogP contribution in [0.4, 0.5) is 13.2 Å². The number of carbonyl (C=O) groups is 1. The van der Waals surface area contributed by atoms with Gasteiger partial charge in [0.05, 0.1) is 13.2 Å². The lowest BCUT2D eigenvalue weighted by Gasteiger charge is -2.23. The van der Waals surface area contributed by atoms with E-state index < -0.39 is 24.7 Å². The predicted molar refractivity (Wildman–Crippen MR) is 48.9 cm³/mol. The van der Waals surface area contributed by atoms with Gasteiger partial charge in [0.1, 0.15) is 12.6 Å². The Morgan fingerprint density at radius 1 is 1.53 bits per heavy atom. The number of ether oxygens (including phenoxy) is 1. The van der Waals surface area contributed by atoms with Crippen molar-refractivity contribution in [2.24, 2.45) is 0 Å². The monoisotopic (exact) mass is 248 g/mol. The van der Waals surface area contributed by atoms with Crippen LogP contribution in [-0.4, -0.2) is 44.4 Å². The summed E-state index contributed by atoms with van der Waals surface area (Å²) in [6.45, 7) is -0.235. The molecule has 0 saturated carbocycles. The third kappa shape index (κ3) is 5.81. The van der Waals surface area contributed by atoms with Crippen LogP contribution in [-0.2, 0) is 9.53 Å². The smallest absolute Gasteiger partial charge is 0.378 e. The molecule has 1 heterocycles. The molecule has 0 unspecified atom stereocenters. The molecule has 4 nitrogen and oxygen atoms in total. The molecular weight excluding hydrogens is 237 g/mol. The molecule has 0 radical (unpaired) electrons. The van der Waals surface area contributed by atoms with E-state index in [1.807, 2.05) is 0 Å². The van der Waals surface area contributed by atoms with Gasteiger partial charge in [-0.1, -0.05) is 0 Å². The maximum atomic E-state index is 11.7. The number of hydrogen-bond donors (Lipinski definition) is 2. The van der Waals surface area contributed by atoms with Crippen molar-refractivity contribution < 1.29 is 22.7 Å². The van der Waals surface area contributed by atoms with Crippen LogP contribution in [0.25, 0.3) is 0 Å². The molecule has 1 aliphatic heterocycles. The number of nitrogens with one attached hydrogen (secondary N) is 2. The molecule has 0 spiro atoms. The minimum absolute atomic E-state index is 0. The Morgan fingerprint density at radius 2 is 2.20 bits per heavy atom. The summed E-state index contributed by atoms with van der Waals surface area (Å²) >= 11 is 0. The van der Waals surface area contributed by atoms with Crippen molar-refractivity contribution in [2.45, 2.75) is 12.2 Å². The lowest BCUT2D eigenvalue weighted by molar-refractivity contribution is -0.141. The van der Waals surface area contributed by atoms with Crippen LogP contribution >= 0.6 is 12.4 Å². The molecular formula is C7H12ClF3N2O2. The van der Waals surface area contributed by atoms with Crippen molar-refractivity contribution in [3.05, 3.63) is 0 Å². The van der Waals surface area contributed by atoms with Gasteiger partial charge in [-0.3, -0.25) is 4.79 Å². The molecule has 0 aromatic heterocycles. The Kier molecular flexibility index (Phi) is 5.92. The second kappa shape index (κ2) is 6.14. The van der Waals surface area contributed by atoms with E-state index in [4.69, 9.17) is 4.74 Å². The Bertz CT molecular complexity index is 207. The molecule has 1 amide bonds. The summed E-state index contributed by atoms with van der Waals surface area (Å²) in [7, 11) is 0. The maximum absolute atomic E-state index is 11.7. The molecule has 0 aromatic carbocycles. The number of alkyl halides is 3. The fraction of sp³-hybridized carbons (Fsp3) is 0.857. The van der Waals surface area contributed by atoms with Gasteiger partial charge in [0, 0.05) is 6.54 Å². The molecule has 1 atom stereocenters. The van der Waals surface area contributed by atoms with E-state index in [-0.39, 0.29) is 19.0 Å². The van der Waals surface area contributed by atoms with Gasteiger partial charge in [-0.05, 0) is 0 Å². The largest absolute Gasteiger partial charge is 0.405 e. The van der Waals surface area contributed by atoms with Gasteiger partial charge in [0.15, 0.2) is 0 Å². The summed E-state index contributed by atoms with van der Waals surface area (Å²) in [6.07, 6.45) is -4.37. The van der Waals surface area contributed by atoms with Crippen LogP contribution in [0.5, 0.6) is 0 Å². The summed E-state index contributed by atoms with van der Waals surface area (Å²) in [5.74, 6) is -0.679. The highest BCUT2D eigenvalue weighted by Gasteiger charge is 2.30. The van der Waals surface area contributed by atoms with Crippen molar-refractivity contribution in [2.75, 3.05) is 26.3 Å². The average Bonchev–Trinajstić information content (AvgIpc) is 2.14. The number of carbonyl (C=O) groups excluding carboxylic acids is 1.